The standard InChI is InChI=1S/C24H31N3O3/c1-18(2)19-10-12-20(13-11-19)30-16-15-27-22-8-5-4-7-21(22)26-23(27)9-6-14-25-24(28)17-29-3/h4-5,7-8,10-13,18H,6,9,14-17H2,1-3H3,(H,25,28). The number of fused-ring (bicyclic) bond motifs is 1. The molecule has 0 fully saturated rings. The first-order chi connectivity index (χ1) is 14.6. The van der Waals surface area contributed by atoms with Crippen LogP contribution in [0.3, 0.4) is 0 Å². The van der Waals surface area contributed by atoms with Gasteiger partial charge in [-0.25, -0.2) is 4.98 Å². The van der Waals surface area contributed by atoms with E-state index < -0.39 is 0 Å². The highest BCUT2D eigenvalue weighted by Crippen LogP contribution is 2.20. The smallest absolute Gasteiger partial charge is 0.245 e. The number of para-hydroxylation sites is 2. The molecule has 2 aromatic carbocycles. The van der Waals surface area contributed by atoms with Crippen molar-refractivity contribution in [2.75, 3.05) is 26.9 Å². The molecule has 3 aromatic rings. The van der Waals surface area contributed by atoms with Crippen molar-refractivity contribution in [3.63, 3.8) is 0 Å². The zero-order chi connectivity index (χ0) is 21.3. The fourth-order valence-corrected chi connectivity index (χ4v) is 3.43. The Hall–Kier alpha value is -2.86. The van der Waals surface area contributed by atoms with E-state index in [1.54, 1.807) is 0 Å². The van der Waals surface area contributed by atoms with Crippen LogP contribution in [-0.2, 0) is 22.5 Å². The molecule has 3 rings (SSSR count). The van der Waals surface area contributed by atoms with Gasteiger partial charge in [-0.15, -0.1) is 0 Å². The van der Waals surface area contributed by atoms with Gasteiger partial charge in [-0.2, -0.15) is 0 Å². The molecule has 0 aliphatic carbocycles. The Morgan fingerprint density at radius 1 is 1.13 bits per heavy atom. The molecule has 0 unspecified atom stereocenters. The molecule has 0 atom stereocenters. The van der Waals surface area contributed by atoms with Gasteiger partial charge in [0.25, 0.3) is 0 Å². The number of carbonyl (C=O) groups is 1. The van der Waals surface area contributed by atoms with E-state index in [9.17, 15) is 4.79 Å². The van der Waals surface area contributed by atoms with E-state index >= 15 is 0 Å². The lowest BCUT2D eigenvalue weighted by Gasteiger charge is -2.12. The highest BCUT2D eigenvalue weighted by Gasteiger charge is 2.11. The zero-order valence-corrected chi connectivity index (χ0v) is 18.1. The molecule has 0 aliphatic rings. The summed E-state index contributed by atoms with van der Waals surface area (Å²) in [5.74, 6) is 2.31. The van der Waals surface area contributed by atoms with Gasteiger partial charge in [0.2, 0.25) is 5.91 Å². The third-order valence-electron chi connectivity index (χ3n) is 5.04. The van der Waals surface area contributed by atoms with Crippen molar-refractivity contribution in [1.29, 1.82) is 0 Å². The van der Waals surface area contributed by atoms with Crippen LogP contribution in [0.25, 0.3) is 11.0 Å². The number of hydrogen-bond donors (Lipinski definition) is 1. The van der Waals surface area contributed by atoms with Gasteiger partial charge in [0.15, 0.2) is 0 Å². The van der Waals surface area contributed by atoms with Crippen LogP contribution >= 0.6 is 0 Å². The monoisotopic (exact) mass is 409 g/mol. The Balaban J connectivity index is 1.60. The van der Waals surface area contributed by atoms with E-state index in [1.165, 1.54) is 12.7 Å². The molecule has 160 valence electrons. The summed E-state index contributed by atoms with van der Waals surface area (Å²) in [4.78, 5) is 16.3. The van der Waals surface area contributed by atoms with Crippen LogP contribution in [0.4, 0.5) is 0 Å². The van der Waals surface area contributed by atoms with E-state index in [4.69, 9.17) is 14.5 Å². The fraction of sp³-hybridized carbons (Fsp3) is 0.417. The average molecular weight is 410 g/mol. The molecule has 1 N–H and O–H groups in total. The van der Waals surface area contributed by atoms with E-state index in [-0.39, 0.29) is 12.5 Å². The second kappa shape index (κ2) is 10.8. The number of nitrogens with one attached hydrogen (secondary N) is 1. The number of benzene rings is 2. The molecule has 0 saturated heterocycles. The molecule has 30 heavy (non-hydrogen) atoms. The molecule has 0 bridgehead atoms. The van der Waals surface area contributed by atoms with Crippen molar-refractivity contribution in [1.82, 2.24) is 14.9 Å². The fourth-order valence-electron chi connectivity index (χ4n) is 3.43. The molecule has 6 heteroatoms. The van der Waals surface area contributed by atoms with E-state index in [0.717, 1.165) is 42.0 Å². The first-order valence-electron chi connectivity index (χ1n) is 10.5. The third-order valence-corrected chi connectivity index (χ3v) is 5.04. The number of methoxy groups -OCH3 is 1. The van der Waals surface area contributed by atoms with Crippen molar-refractivity contribution in [3.05, 3.63) is 59.9 Å². The number of amides is 1. The Morgan fingerprint density at radius 2 is 1.90 bits per heavy atom. The van der Waals surface area contributed by atoms with Gasteiger partial charge < -0.3 is 19.4 Å². The summed E-state index contributed by atoms with van der Waals surface area (Å²) in [6.45, 7) is 6.35. The minimum absolute atomic E-state index is 0.0913. The topological polar surface area (TPSA) is 65.4 Å². The van der Waals surface area contributed by atoms with Crippen molar-refractivity contribution < 1.29 is 14.3 Å². The van der Waals surface area contributed by atoms with E-state index in [0.29, 0.717) is 19.1 Å². The van der Waals surface area contributed by atoms with Gasteiger partial charge in [0, 0.05) is 20.1 Å². The van der Waals surface area contributed by atoms with Crippen LogP contribution in [0, 0.1) is 0 Å². The van der Waals surface area contributed by atoms with Crippen molar-refractivity contribution in [3.8, 4) is 5.75 Å². The molecular weight excluding hydrogens is 378 g/mol. The number of carbonyl (C=O) groups excluding carboxylic acids is 1. The Bertz CT molecular complexity index is 948. The molecular formula is C24H31N3O3. The van der Waals surface area contributed by atoms with Crippen LogP contribution in [-0.4, -0.2) is 42.3 Å². The average Bonchev–Trinajstić information content (AvgIpc) is 3.09. The van der Waals surface area contributed by atoms with Gasteiger partial charge in [-0.1, -0.05) is 38.1 Å². The number of imidazole rings is 1. The first kappa shape index (κ1) is 21.8. The highest BCUT2D eigenvalue weighted by atomic mass is 16.5. The lowest BCUT2D eigenvalue weighted by molar-refractivity contribution is -0.124. The van der Waals surface area contributed by atoms with Crippen LogP contribution in [0.1, 0.15) is 37.6 Å². The van der Waals surface area contributed by atoms with Gasteiger partial charge in [-0.3, -0.25) is 4.79 Å². The van der Waals surface area contributed by atoms with Crippen LogP contribution in [0.15, 0.2) is 48.5 Å². The lowest BCUT2D eigenvalue weighted by Crippen LogP contribution is -2.28. The summed E-state index contributed by atoms with van der Waals surface area (Å²) >= 11 is 0. The Morgan fingerprint density at radius 3 is 2.63 bits per heavy atom. The normalized spacial score (nSPS) is 11.2. The van der Waals surface area contributed by atoms with Crippen LogP contribution < -0.4 is 10.1 Å². The summed E-state index contributed by atoms with van der Waals surface area (Å²) in [5, 5.41) is 2.86. The summed E-state index contributed by atoms with van der Waals surface area (Å²) in [6, 6.07) is 16.5. The predicted molar refractivity (Wildman–Crippen MR) is 119 cm³/mol. The van der Waals surface area contributed by atoms with Gasteiger partial charge in [-0.05, 0) is 42.2 Å². The number of aryl methyl sites for hydroxylation is 1. The predicted octanol–water partition coefficient (Wildman–Crippen LogP) is 3.93. The summed E-state index contributed by atoms with van der Waals surface area (Å²) in [7, 11) is 1.52. The number of hydrogen-bond acceptors (Lipinski definition) is 4. The summed E-state index contributed by atoms with van der Waals surface area (Å²) in [6.07, 6.45) is 1.60. The van der Waals surface area contributed by atoms with E-state index in [1.807, 2.05) is 30.3 Å². The molecule has 1 amide bonds. The Kier molecular flexibility index (Phi) is 7.85. The zero-order valence-electron chi connectivity index (χ0n) is 18.1. The maximum Gasteiger partial charge on any atom is 0.245 e. The second-order valence-corrected chi connectivity index (χ2v) is 7.63. The summed E-state index contributed by atoms with van der Waals surface area (Å²) in [5.41, 5.74) is 3.40. The van der Waals surface area contributed by atoms with Crippen LogP contribution in [0.5, 0.6) is 5.75 Å². The maximum absolute atomic E-state index is 11.5. The first-order valence-corrected chi connectivity index (χ1v) is 10.5. The molecule has 0 aliphatic heterocycles. The second-order valence-electron chi connectivity index (χ2n) is 7.63. The lowest BCUT2D eigenvalue weighted by atomic mass is 10.0. The molecule has 0 saturated carbocycles. The van der Waals surface area contributed by atoms with Crippen LogP contribution in [0.2, 0.25) is 0 Å². The van der Waals surface area contributed by atoms with Crippen molar-refractivity contribution in [2.45, 2.75) is 39.2 Å². The van der Waals surface area contributed by atoms with Gasteiger partial charge in [0.1, 0.15) is 24.8 Å². The van der Waals surface area contributed by atoms with Crippen molar-refractivity contribution in [2.24, 2.45) is 0 Å². The van der Waals surface area contributed by atoms with Gasteiger partial charge in [0.05, 0.1) is 17.6 Å². The SMILES string of the molecule is COCC(=O)NCCCc1nc2ccccc2n1CCOc1ccc(C(C)C)cc1. The minimum Gasteiger partial charge on any atom is -0.492 e. The molecule has 1 aromatic heterocycles. The molecule has 0 radical (unpaired) electrons. The number of ether oxygens (including phenoxy) is 2. The third kappa shape index (κ3) is 5.83. The highest BCUT2D eigenvalue weighted by molar-refractivity contribution is 5.77. The van der Waals surface area contributed by atoms with Crippen molar-refractivity contribution >= 4 is 16.9 Å². The number of rotatable bonds is 11. The Labute approximate surface area is 178 Å². The van der Waals surface area contributed by atoms with Gasteiger partial charge >= 0.3 is 0 Å². The van der Waals surface area contributed by atoms with E-state index in [2.05, 4.69) is 41.9 Å². The number of nitrogens with zero attached hydrogens (tertiary/aromatic N) is 2. The molecule has 1 heterocycles. The maximum atomic E-state index is 11.5. The minimum atomic E-state index is -0.0945. The molecule has 6 nitrogen and oxygen atoms in total. The quantitative estimate of drug-likeness (QED) is 0.487. The molecule has 0 spiro atoms. The summed E-state index contributed by atoms with van der Waals surface area (Å²) < 4.78 is 13.0. The number of aromatic nitrogens is 2. The largest absolute Gasteiger partial charge is 0.492 e.